The van der Waals surface area contributed by atoms with Gasteiger partial charge >= 0.3 is 0 Å². The topological polar surface area (TPSA) is 52.0 Å². The van der Waals surface area contributed by atoms with Gasteiger partial charge in [-0.2, -0.15) is 0 Å². The number of nitrogens with zero attached hydrogens (tertiary/aromatic N) is 1. The summed E-state index contributed by atoms with van der Waals surface area (Å²) in [5.41, 5.74) is 8.99. The average molecular weight is 256 g/mol. The van der Waals surface area contributed by atoms with Gasteiger partial charge in [-0.1, -0.05) is 12.1 Å². The molecule has 18 heavy (non-hydrogen) atoms. The molecule has 3 nitrogen and oxygen atoms in total. The summed E-state index contributed by atoms with van der Waals surface area (Å²) in [4.78, 5) is 5.65. The molecule has 2 aromatic carbocycles. The van der Waals surface area contributed by atoms with E-state index in [0.717, 1.165) is 21.6 Å². The quantitative estimate of drug-likeness (QED) is 0.559. The van der Waals surface area contributed by atoms with Crippen LogP contribution in [-0.2, 0) is 0 Å². The Bertz CT molecular complexity index is 706. The molecule has 0 bridgehead atoms. The van der Waals surface area contributed by atoms with Gasteiger partial charge in [-0.05, 0) is 30.5 Å². The zero-order chi connectivity index (χ0) is 12.5. The summed E-state index contributed by atoms with van der Waals surface area (Å²) in [6, 6.07) is 13.6. The average Bonchev–Trinajstić information content (AvgIpc) is 2.81. The van der Waals surface area contributed by atoms with Crippen molar-refractivity contribution in [1.29, 1.82) is 0 Å². The maximum atomic E-state index is 5.77. The van der Waals surface area contributed by atoms with Crippen LogP contribution in [-0.4, -0.2) is 11.2 Å². The first-order valence-corrected chi connectivity index (χ1v) is 6.80. The van der Waals surface area contributed by atoms with Gasteiger partial charge in [-0.15, -0.1) is 11.8 Å². The second kappa shape index (κ2) is 4.38. The zero-order valence-corrected chi connectivity index (χ0v) is 10.7. The lowest BCUT2D eigenvalue weighted by Crippen LogP contribution is -1.81. The zero-order valence-electron chi connectivity index (χ0n) is 9.88. The standard InChI is InChI=1S/C14H12N2OS/c1-18-13-5-3-2-4-10(13)14-16-11-7-6-9(15)8-12(11)17-14/h2-8H,15H2,1H3. The lowest BCUT2D eigenvalue weighted by atomic mass is 10.2. The van der Waals surface area contributed by atoms with Crippen LogP contribution in [0.1, 0.15) is 0 Å². The van der Waals surface area contributed by atoms with Gasteiger partial charge in [0, 0.05) is 16.6 Å². The fourth-order valence-electron chi connectivity index (χ4n) is 1.88. The summed E-state index contributed by atoms with van der Waals surface area (Å²) in [5.74, 6) is 0.639. The molecule has 0 aliphatic rings. The van der Waals surface area contributed by atoms with Crippen molar-refractivity contribution in [3.05, 3.63) is 42.5 Å². The number of nitrogens with two attached hydrogens (primary N) is 1. The maximum absolute atomic E-state index is 5.77. The van der Waals surface area contributed by atoms with Gasteiger partial charge in [0.2, 0.25) is 5.89 Å². The van der Waals surface area contributed by atoms with E-state index >= 15 is 0 Å². The number of anilines is 1. The fourth-order valence-corrected chi connectivity index (χ4v) is 2.47. The lowest BCUT2D eigenvalue weighted by molar-refractivity contribution is 0.618. The first-order valence-electron chi connectivity index (χ1n) is 5.57. The van der Waals surface area contributed by atoms with Crippen LogP contribution in [0.15, 0.2) is 51.8 Å². The van der Waals surface area contributed by atoms with Crippen LogP contribution < -0.4 is 5.73 Å². The molecule has 1 aromatic heterocycles. The van der Waals surface area contributed by atoms with Crippen molar-refractivity contribution < 1.29 is 4.42 Å². The molecule has 0 unspecified atom stereocenters. The monoisotopic (exact) mass is 256 g/mol. The van der Waals surface area contributed by atoms with Gasteiger partial charge in [0.1, 0.15) is 5.52 Å². The van der Waals surface area contributed by atoms with E-state index in [1.165, 1.54) is 0 Å². The van der Waals surface area contributed by atoms with E-state index in [9.17, 15) is 0 Å². The summed E-state index contributed by atoms with van der Waals surface area (Å²) in [5, 5.41) is 0. The van der Waals surface area contributed by atoms with Crippen LogP contribution in [0, 0.1) is 0 Å². The molecule has 2 N–H and O–H groups in total. The van der Waals surface area contributed by atoms with Gasteiger partial charge in [0.15, 0.2) is 5.58 Å². The molecule has 3 rings (SSSR count). The summed E-state index contributed by atoms with van der Waals surface area (Å²) in [7, 11) is 0. The number of nitrogen functional groups attached to an aromatic ring is 1. The molecule has 0 aliphatic carbocycles. The van der Waals surface area contributed by atoms with E-state index in [4.69, 9.17) is 10.2 Å². The molecule has 0 spiro atoms. The van der Waals surface area contributed by atoms with Crippen molar-refractivity contribution in [2.75, 3.05) is 12.0 Å². The molecule has 0 saturated carbocycles. The molecule has 0 amide bonds. The summed E-state index contributed by atoms with van der Waals surface area (Å²) >= 11 is 1.68. The van der Waals surface area contributed by atoms with Gasteiger partial charge in [-0.25, -0.2) is 4.98 Å². The smallest absolute Gasteiger partial charge is 0.228 e. The number of thioether (sulfide) groups is 1. The van der Waals surface area contributed by atoms with Gasteiger partial charge in [0.05, 0.1) is 5.56 Å². The Morgan fingerprint density at radius 1 is 1.17 bits per heavy atom. The Morgan fingerprint density at radius 2 is 2.00 bits per heavy atom. The van der Waals surface area contributed by atoms with E-state index in [-0.39, 0.29) is 0 Å². The highest BCUT2D eigenvalue weighted by Gasteiger charge is 2.11. The van der Waals surface area contributed by atoms with Gasteiger partial charge in [0.25, 0.3) is 0 Å². The molecule has 0 fully saturated rings. The van der Waals surface area contributed by atoms with E-state index < -0.39 is 0 Å². The Hall–Kier alpha value is -1.94. The number of oxazole rings is 1. The third-order valence-electron chi connectivity index (χ3n) is 2.75. The van der Waals surface area contributed by atoms with Crippen LogP contribution in [0.4, 0.5) is 5.69 Å². The van der Waals surface area contributed by atoms with Gasteiger partial charge in [-0.3, -0.25) is 0 Å². The highest BCUT2D eigenvalue weighted by atomic mass is 32.2. The van der Waals surface area contributed by atoms with Crippen LogP contribution >= 0.6 is 11.8 Å². The van der Waals surface area contributed by atoms with Crippen molar-refractivity contribution in [3.63, 3.8) is 0 Å². The number of benzene rings is 2. The van der Waals surface area contributed by atoms with Crippen molar-refractivity contribution in [2.45, 2.75) is 4.90 Å². The second-order valence-corrected chi connectivity index (χ2v) is 4.79. The molecule has 90 valence electrons. The summed E-state index contributed by atoms with van der Waals surface area (Å²) in [6.07, 6.45) is 2.04. The molecular weight excluding hydrogens is 244 g/mol. The van der Waals surface area contributed by atoms with Crippen molar-refractivity contribution in [3.8, 4) is 11.5 Å². The second-order valence-electron chi connectivity index (χ2n) is 3.95. The number of aromatic nitrogens is 1. The van der Waals surface area contributed by atoms with Crippen molar-refractivity contribution in [1.82, 2.24) is 4.98 Å². The molecule has 4 heteroatoms. The third kappa shape index (κ3) is 1.84. The number of fused-ring (bicyclic) bond motifs is 1. The Morgan fingerprint density at radius 3 is 2.83 bits per heavy atom. The Labute approximate surface area is 109 Å². The molecule has 0 atom stereocenters. The predicted molar refractivity (Wildman–Crippen MR) is 75.6 cm³/mol. The molecule has 0 aliphatic heterocycles. The van der Waals surface area contributed by atoms with E-state index in [1.54, 1.807) is 17.8 Å². The summed E-state index contributed by atoms with van der Waals surface area (Å²) < 4.78 is 5.77. The lowest BCUT2D eigenvalue weighted by Gasteiger charge is -2.01. The minimum Gasteiger partial charge on any atom is -0.436 e. The van der Waals surface area contributed by atoms with Crippen LogP contribution in [0.2, 0.25) is 0 Å². The predicted octanol–water partition coefficient (Wildman–Crippen LogP) is 3.80. The molecule has 0 radical (unpaired) electrons. The highest BCUT2D eigenvalue weighted by Crippen LogP contribution is 2.31. The minimum atomic E-state index is 0.639. The van der Waals surface area contributed by atoms with Gasteiger partial charge < -0.3 is 10.2 Å². The number of rotatable bonds is 2. The minimum absolute atomic E-state index is 0.639. The Kier molecular flexibility index (Phi) is 2.72. The summed E-state index contributed by atoms with van der Waals surface area (Å²) in [6.45, 7) is 0. The fraction of sp³-hybridized carbons (Fsp3) is 0.0714. The normalized spacial score (nSPS) is 10.9. The first-order chi connectivity index (χ1) is 8.78. The molecule has 3 aromatic rings. The van der Waals surface area contributed by atoms with E-state index in [1.807, 2.05) is 36.6 Å². The number of hydrogen-bond donors (Lipinski definition) is 1. The van der Waals surface area contributed by atoms with Crippen LogP contribution in [0.5, 0.6) is 0 Å². The maximum Gasteiger partial charge on any atom is 0.228 e. The van der Waals surface area contributed by atoms with Crippen molar-refractivity contribution in [2.24, 2.45) is 0 Å². The molecule has 0 saturated heterocycles. The largest absolute Gasteiger partial charge is 0.436 e. The SMILES string of the molecule is CSc1ccccc1-c1nc2ccc(N)cc2o1. The van der Waals surface area contributed by atoms with E-state index in [0.29, 0.717) is 11.6 Å². The Balaban J connectivity index is 2.19. The van der Waals surface area contributed by atoms with Crippen molar-refractivity contribution >= 4 is 28.5 Å². The molecule has 1 heterocycles. The third-order valence-corrected chi connectivity index (χ3v) is 3.55. The first kappa shape index (κ1) is 11.2. The van der Waals surface area contributed by atoms with E-state index in [2.05, 4.69) is 11.1 Å². The highest BCUT2D eigenvalue weighted by molar-refractivity contribution is 7.98. The van der Waals surface area contributed by atoms with Crippen LogP contribution in [0.25, 0.3) is 22.6 Å². The number of hydrogen-bond acceptors (Lipinski definition) is 4. The molecular formula is C14H12N2OS. The van der Waals surface area contributed by atoms with Crippen LogP contribution in [0.3, 0.4) is 0 Å².